The predicted molar refractivity (Wildman–Crippen MR) is 94.9 cm³/mol. The first kappa shape index (κ1) is 15.6. The van der Waals surface area contributed by atoms with Crippen LogP contribution in [0.5, 0.6) is 0 Å². The Hall–Kier alpha value is -1.90. The lowest BCUT2D eigenvalue weighted by Gasteiger charge is -2.26. The van der Waals surface area contributed by atoms with Gasteiger partial charge in [0, 0.05) is 30.7 Å². The van der Waals surface area contributed by atoms with Gasteiger partial charge in [0.15, 0.2) is 11.7 Å². The molecule has 4 rings (SSSR count). The molecule has 2 saturated heterocycles. The molecule has 0 saturated carbocycles. The second-order valence-corrected chi connectivity index (χ2v) is 7.43. The summed E-state index contributed by atoms with van der Waals surface area (Å²) >= 11 is 2.59. The van der Waals surface area contributed by atoms with Gasteiger partial charge in [-0.15, -0.1) is 11.3 Å². The first-order chi connectivity index (χ1) is 11.7. The number of furan rings is 1. The molecule has 0 aromatic carbocycles. The summed E-state index contributed by atoms with van der Waals surface area (Å²) in [6.45, 7) is 2.98. The van der Waals surface area contributed by atoms with Crippen LogP contribution >= 0.6 is 23.1 Å². The van der Waals surface area contributed by atoms with Gasteiger partial charge in [-0.1, -0.05) is 11.8 Å². The van der Waals surface area contributed by atoms with E-state index >= 15 is 0 Å². The average molecular weight is 361 g/mol. The number of thiazole rings is 1. The molecule has 0 spiro atoms. The van der Waals surface area contributed by atoms with Crippen LogP contribution in [0.25, 0.3) is 6.08 Å². The maximum absolute atomic E-state index is 12.6. The molecule has 0 amide bonds. The van der Waals surface area contributed by atoms with Crippen LogP contribution in [0.3, 0.4) is 0 Å². The molecule has 2 aromatic rings. The Morgan fingerprint density at radius 2 is 2.17 bits per heavy atom. The highest BCUT2D eigenvalue weighted by Crippen LogP contribution is 2.41. The number of rotatable bonds is 3. The second kappa shape index (κ2) is 6.54. The number of carbonyl (C=O) groups excluding carboxylic acids is 1. The molecule has 1 unspecified atom stereocenters. The summed E-state index contributed by atoms with van der Waals surface area (Å²) in [7, 11) is 0. The SMILES string of the molecule is N=C1SC(=Cc2ccc(N3CCOCC3)o2)C(=O)C1c1nccs1. The third kappa shape index (κ3) is 2.92. The van der Waals surface area contributed by atoms with Crippen LogP contribution in [0.15, 0.2) is 33.0 Å². The van der Waals surface area contributed by atoms with Crippen molar-refractivity contribution >= 4 is 45.9 Å². The van der Waals surface area contributed by atoms with Gasteiger partial charge in [-0.2, -0.15) is 0 Å². The third-order valence-electron chi connectivity index (χ3n) is 3.89. The van der Waals surface area contributed by atoms with Crippen LogP contribution in [-0.4, -0.2) is 42.1 Å². The summed E-state index contributed by atoms with van der Waals surface area (Å²) in [5.41, 5.74) is 0. The highest BCUT2D eigenvalue weighted by molar-refractivity contribution is 8.19. The van der Waals surface area contributed by atoms with Gasteiger partial charge in [0.1, 0.15) is 16.7 Å². The van der Waals surface area contributed by atoms with Crippen molar-refractivity contribution in [3.8, 4) is 0 Å². The van der Waals surface area contributed by atoms with Crippen LogP contribution in [0, 0.1) is 5.41 Å². The minimum Gasteiger partial charge on any atom is -0.441 e. The summed E-state index contributed by atoms with van der Waals surface area (Å²) in [4.78, 5) is 19.4. The highest BCUT2D eigenvalue weighted by atomic mass is 32.2. The van der Waals surface area contributed by atoms with Crippen LogP contribution in [0.4, 0.5) is 5.88 Å². The average Bonchev–Trinajstić information content (AvgIpc) is 3.31. The summed E-state index contributed by atoms with van der Waals surface area (Å²) < 4.78 is 11.2. The number of hydrogen-bond donors (Lipinski definition) is 1. The van der Waals surface area contributed by atoms with E-state index < -0.39 is 5.92 Å². The molecule has 2 fully saturated rings. The number of carbonyl (C=O) groups is 1. The quantitative estimate of drug-likeness (QED) is 0.847. The number of Topliss-reactive ketones (excluding diaryl/α,β-unsaturated/α-hetero) is 1. The van der Waals surface area contributed by atoms with E-state index in [1.165, 1.54) is 23.1 Å². The maximum atomic E-state index is 12.6. The lowest BCUT2D eigenvalue weighted by Crippen LogP contribution is -2.35. The van der Waals surface area contributed by atoms with Crippen molar-refractivity contribution in [2.24, 2.45) is 0 Å². The zero-order chi connectivity index (χ0) is 16.5. The number of nitrogens with zero attached hydrogens (tertiary/aromatic N) is 2. The second-order valence-electron chi connectivity index (χ2n) is 5.42. The lowest BCUT2D eigenvalue weighted by molar-refractivity contribution is -0.114. The molecular formula is C16H15N3O3S2. The summed E-state index contributed by atoms with van der Waals surface area (Å²) in [6.07, 6.45) is 3.38. The number of ether oxygens (including phenoxy) is 1. The molecule has 0 radical (unpaired) electrons. The molecule has 4 heterocycles. The summed E-state index contributed by atoms with van der Waals surface area (Å²) in [5.74, 6) is 0.770. The number of nitrogens with one attached hydrogen (secondary N) is 1. The van der Waals surface area contributed by atoms with E-state index in [-0.39, 0.29) is 5.78 Å². The number of thioether (sulfide) groups is 1. The monoisotopic (exact) mass is 361 g/mol. The molecule has 1 N–H and O–H groups in total. The van der Waals surface area contributed by atoms with Gasteiger partial charge in [0.2, 0.25) is 0 Å². The zero-order valence-electron chi connectivity index (χ0n) is 12.7. The fourth-order valence-electron chi connectivity index (χ4n) is 2.69. The summed E-state index contributed by atoms with van der Waals surface area (Å²) in [5, 5.41) is 10.9. The van der Waals surface area contributed by atoms with Gasteiger partial charge < -0.3 is 14.1 Å². The van der Waals surface area contributed by atoms with Crippen LogP contribution in [0.2, 0.25) is 0 Å². The fourth-order valence-corrected chi connectivity index (χ4v) is 4.48. The molecule has 124 valence electrons. The van der Waals surface area contributed by atoms with E-state index in [0.717, 1.165) is 19.0 Å². The van der Waals surface area contributed by atoms with E-state index in [1.807, 2.05) is 17.5 Å². The molecule has 8 heteroatoms. The molecule has 2 aliphatic heterocycles. The Kier molecular flexibility index (Phi) is 4.26. The van der Waals surface area contributed by atoms with Gasteiger partial charge in [-0.05, 0) is 12.1 Å². The molecule has 0 bridgehead atoms. The number of anilines is 1. The van der Waals surface area contributed by atoms with Crippen LogP contribution < -0.4 is 4.90 Å². The fraction of sp³-hybridized carbons (Fsp3) is 0.312. The van der Waals surface area contributed by atoms with Crippen molar-refractivity contribution in [2.75, 3.05) is 31.2 Å². The van der Waals surface area contributed by atoms with Gasteiger partial charge >= 0.3 is 0 Å². The van der Waals surface area contributed by atoms with Gasteiger partial charge in [-0.3, -0.25) is 10.2 Å². The molecule has 0 aliphatic carbocycles. The van der Waals surface area contributed by atoms with E-state index in [1.54, 1.807) is 12.3 Å². The minimum absolute atomic E-state index is 0.0794. The number of ketones is 1. The Labute approximate surface area is 147 Å². The Balaban J connectivity index is 1.55. The molecule has 2 aromatic heterocycles. The van der Waals surface area contributed by atoms with Gasteiger partial charge in [-0.25, -0.2) is 4.98 Å². The first-order valence-corrected chi connectivity index (χ1v) is 9.26. The maximum Gasteiger partial charge on any atom is 0.196 e. The molecule has 6 nitrogen and oxygen atoms in total. The van der Waals surface area contributed by atoms with Gasteiger partial charge in [0.05, 0.1) is 23.2 Å². The third-order valence-corrected chi connectivity index (χ3v) is 5.73. The topological polar surface area (TPSA) is 79.4 Å². The largest absolute Gasteiger partial charge is 0.441 e. The number of hydrogen-bond acceptors (Lipinski definition) is 8. The lowest BCUT2D eigenvalue weighted by atomic mass is 10.1. The zero-order valence-corrected chi connectivity index (χ0v) is 14.4. The van der Waals surface area contributed by atoms with Crippen molar-refractivity contribution in [3.63, 3.8) is 0 Å². The van der Waals surface area contributed by atoms with Crippen molar-refractivity contribution < 1.29 is 13.9 Å². The van der Waals surface area contributed by atoms with Crippen LogP contribution in [0.1, 0.15) is 16.7 Å². The standard InChI is InChI=1S/C16H15N3O3S2/c17-15-13(16-18-3-8-23-16)14(20)11(24-15)9-10-1-2-12(22-10)19-4-6-21-7-5-19/h1-3,8-9,13,17H,4-7H2. The normalized spacial score (nSPS) is 23.4. The number of allylic oxidation sites excluding steroid dienone is 1. The predicted octanol–water partition coefficient (Wildman–Crippen LogP) is 2.99. The van der Waals surface area contributed by atoms with Crippen molar-refractivity contribution in [1.29, 1.82) is 5.41 Å². The van der Waals surface area contributed by atoms with Crippen molar-refractivity contribution in [3.05, 3.63) is 39.4 Å². The molecular weight excluding hydrogens is 346 g/mol. The minimum atomic E-state index is -0.560. The van der Waals surface area contributed by atoms with E-state index in [4.69, 9.17) is 14.6 Å². The van der Waals surface area contributed by atoms with Crippen molar-refractivity contribution in [1.82, 2.24) is 4.98 Å². The van der Waals surface area contributed by atoms with Crippen molar-refractivity contribution in [2.45, 2.75) is 5.92 Å². The van der Waals surface area contributed by atoms with Crippen LogP contribution in [-0.2, 0) is 9.53 Å². The number of morpholine rings is 1. The number of aromatic nitrogens is 1. The van der Waals surface area contributed by atoms with E-state index in [0.29, 0.717) is 33.9 Å². The smallest absolute Gasteiger partial charge is 0.196 e. The molecule has 24 heavy (non-hydrogen) atoms. The van der Waals surface area contributed by atoms with E-state index in [2.05, 4.69) is 9.88 Å². The van der Waals surface area contributed by atoms with Gasteiger partial charge in [0.25, 0.3) is 0 Å². The van der Waals surface area contributed by atoms with E-state index in [9.17, 15) is 4.79 Å². The Bertz CT molecular complexity index is 791. The highest BCUT2D eigenvalue weighted by Gasteiger charge is 2.38. The first-order valence-electron chi connectivity index (χ1n) is 7.56. The summed E-state index contributed by atoms with van der Waals surface area (Å²) in [6, 6.07) is 3.76. The molecule has 2 aliphatic rings. The molecule has 1 atom stereocenters. The Morgan fingerprint density at radius 1 is 1.33 bits per heavy atom. The Morgan fingerprint density at radius 3 is 2.92 bits per heavy atom.